The minimum atomic E-state index is -0.536. The van der Waals surface area contributed by atoms with Crippen LogP contribution in [0.15, 0.2) is 47.5 Å². The van der Waals surface area contributed by atoms with Crippen LogP contribution >= 0.6 is 11.8 Å². The molecule has 0 saturated carbocycles. The van der Waals surface area contributed by atoms with Crippen molar-refractivity contribution in [1.29, 1.82) is 0 Å². The van der Waals surface area contributed by atoms with Crippen LogP contribution < -0.4 is 0 Å². The lowest BCUT2D eigenvalue weighted by atomic mass is 10.1. The summed E-state index contributed by atoms with van der Waals surface area (Å²) in [6.45, 7) is 2.63. The van der Waals surface area contributed by atoms with Crippen LogP contribution in [0.5, 0.6) is 0 Å². The van der Waals surface area contributed by atoms with Gasteiger partial charge in [-0.25, -0.2) is 14.7 Å². The maximum Gasteiger partial charge on any atom is 0.422 e. The van der Waals surface area contributed by atoms with Crippen molar-refractivity contribution in [2.45, 2.75) is 76.2 Å². The summed E-state index contributed by atoms with van der Waals surface area (Å²) < 4.78 is 7.26. The highest BCUT2D eigenvalue weighted by atomic mass is 32.2. The number of rotatable bonds is 14. The summed E-state index contributed by atoms with van der Waals surface area (Å²) >= 11 is 1.75. The highest BCUT2D eigenvalue weighted by Crippen LogP contribution is 2.22. The van der Waals surface area contributed by atoms with Crippen LogP contribution in [0.2, 0.25) is 0 Å². The summed E-state index contributed by atoms with van der Waals surface area (Å²) in [5.41, 5.74) is 0.936. The Labute approximate surface area is 189 Å². The van der Waals surface area contributed by atoms with Crippen molar-refractivity contribution in [2.24, 2.45) is 0 Å². The van der Waals surface area contributed by atoms with Crippen molar-refractivity contribution in [3.05, 3.63) is 42.4 Å². The Hall–Kier alpha value is -2.28. The largest absolute Gasteiger partial charge is 0.422 e. The number of cyclic esters (lactones) is 1. The van der Waals surface area contributed by atoms with E-state index in [1.165, 1.54) is 37.0 Å². The normalized spacial score (nSPS) is 15.4. The van der Waals surface area contributed by atoms with Gasteiger partial charge in [0.05, 0.1) is 5.03 Å². The quantitative estimate of drug-likeness (QED) is 0.197. The Bertz CT molecular complexity index is 893. The van der Waals surface area contributed by atoms with Crippen molar-refractivity contribution < 1.29 is 14.3 Å². The summed E-state index contributed by atoms with van der Waals surface area (Å²) in [5.74, 6) is 0.830. The first-order valence-corrected chi connectivity index (χ1v) is 12.5. The summed E-state index contributed by atoms with van der Waals surface area (Å²) in [7, 11) is 0. The van der Waals surface area contributed by atoms with Crippen molar-refractivity contribution >= 4 is 29.4 Å². The lowest BCUT2D eigenvalue weighted by Crippen LogP contribution is -2.29. The van der Waals surface area contributed by atoms with Crippen molar-refractivity contribution in [3.63, 3.8) is 0 Å². The third-order valence-electron chi connectivity index (χ3n) is 5.43. The second-order valence-electron chi connectivity index (χ2n) is 7.88. The van der Waals surface area contributed by atoms with Gasteiger partial charge in [-0.05, 0) is 49.6 Å². The molecule has 1 saturated heterocycles. The zero-order chi connectivity index (χ0) is 21.9. The van der Waals surface area contributed by atoms with Gasteiger partial charge in [0.15, 0.2) is 5.76 Å². The molecule has 0 atom stereocenters. The fourth-order valence-corrected chi connectivity index (χ4v) is 4.68. The number of carbonyl (C=O) groups excluding carboxylic acids is 2. The van der Waals surface area contributed by atoms with E-state index in [1.807, 2.05) is 18.3 Å². The highest BCUT2D eigenvalue weighted by Gasteiger charge is 2.35. The van der Waals surface area contributed by atoms with Crippen molar-refractivity contribution in [1.82, 2.24) is 14.3 Å². The van der Waals surface area contributed by atoms with E-state index in [2.05, 4.69) is 22.4 Å². The van der Waals surface area contributed by atoms with Crippen LogP contribution in [0.25, 0.3) is 5.65 Å². The maximum atomic E-state index is 12.5. The minimum Gasteiger partial charge on any atom is -0.404 e. The molecule has 2 aromatic rings. The van der Waals surface area contributed by atoms with Crippen LogP contribution in [-0.4, -0.2) is 38.6 Å². The smallest absolute Gasteiger partial charge is 0.404 e. The molecule has 0 aromatic carbocycles. The van der Waals surface area contributed by atoms with Crippen LogP contribution in [0.3, 0.4) is 0 Å². The Kier molecular flexibility index (Phi) is 9.46. The summed E-state index contributed by atoms with van der Waals surface area (Å²) in [6, 6.07) is 6.06. The zero-order valence-electron chi connectivity index (χ0n) is 18.4. The monoisotopic (exact) mass is 443 g/mol. The van der Waals surface area contributed by atoms with Crippen LogP contribution in [0.4, 0.5) is 4.79 Å². The number of hydrogen-bond donors (Lipinski definition) is 0. The summed E-state index contributed by atoms with van der Waals surface area (Å²) in [5, 5.41) is 1.14. The van der Waals surface area contributed by atoms with E-state index in [0.717, 1.165) is 48.5 Å². The lowest BCUT2D eigenvalue weighted by Gasteiger charge is -2.10. The first-order valence-electron chi connectivity index (χ1n) is 11.5. The van der Waals surface area contributed by atoms with Gasteiger partial charge in [0.2, 0.25) is 0 Å². The summed E-state index contributed by atoms with van der Waals surface area (Å²) in [4.78, 5) is 30.0. The molecule has 0 radical (unpaired) electrons. The fourth-order valence-electron chi connectivity index (χ4n) is 3.65. The van der Waals surface area contributed by atoms with Crippen molar-refractivity contribution in [3.8, 4) is 0 Å². The average molecular weight is 444 g/mol. The number of nitrogens with zero attached hydrogens (tertiary/aromatic N) is 3. The molecule has 3 rings (SSSR count). The van der Waals surface area contributed by atoms with E-state index in [-0.39, 0.29) is 11.7 Å². The average Bonchev–Trinajstić information content (AvgIpc) is 3.35. The van der Waals surface area contributed by atoms with Gasteiger partial charge in [-0.1, -0.05) is 51.5 Å². The Morgan fingerprint density at radius 2 is 1.84 bits per heavy atom. The molecular formula is C24H33N3O3S. The Balaban J connectivity index is 1.33. The third kappa shape index (κ3) is 6.86. The zero-order valence-corrected chi connectivity index (χ0v) is 19.2. The number of carbonyl (C=O) groups is 2. The molecule has 2 amide bonds. The lowest BCUT2D eigenvalue weighted by molar-refractivity contribution is -0.123. The molecule has 3 heterocycles. The molecule has 1 aliphatic heterocycles. The number of fused-ring (bicyclic) bond motifs is 1. The molecule has 0 unspecified atom stereocenters. The van der Waals surface area contributed by atoms with E-state index < -0.39 is 6.09 Å². The van der Waals surface area contributed by atoms with Gasteiger partial charge in [0.1, 0.15) is 5.65 Å². The van der Waals surface area contributed by atoms with Crippen molar-refractivity contribution in [2.75, 3.05) is 12.3 Å². The molecule has 0 aliphatic carbocycles. The number of thioether (sulfide) groups is 1. The predicted molar refractivity (Wildman–Crippen MR) is 124 cm³/mol. The third-order valence-corrected chi connectivity index (χ3v) is 6.55. The second-order valence-corrected chi connectivity index (χ2v) is 8.99. The first kappa shape index (κ1) is 23.4. The molecule has 0 N–H and O–H groups in total. The molecular weight excluding hydrogens is 410 g/mol. The fraction of sp³-hybridized carbons (Fsp3) is 0.542. The van der Waals surface area contributed by atoms with E-state index >= 15 is 0 Å². The first-order chi connectivity index (χ1) is 15.2. The highest BCUT2D eigenvalue weighted by molar-refractivity contribution is 7.99. The number of aromatic nitrogens is 2. The van der Waals surface area contributed by atoms with Gasteiger partial charge >= 0.3 is 6.09 Å². The van der Waals surface area contributed by atoms with E-state index in [9.17, 15) is 9.59 Å². The molecule has 168 valence electrons. The standard InChI is InChI=1S/C24H33N3O3S/c1-2-3-4-5-6-7-8-9-13-20-23(28)27(24(29)30-20)17-10-11-19-31-22-15-12-14-21-25-16-18-26(21)22/h12-16,18H,2-11,17,19H2,1H3. The number of ether oxygens (including phenoxy) is 1. The topological polar surface area (TPSA) is 63.9 Å². The van der Waals surface area contributed by atoms with Gasteiger partial charge in [-0.15, -0.1) is 11.8 Å². The molecule has 0 spiro atoms. The Morgan fingerprint density at radius 3 is 2.68 bits per heavy atom. The molecule has 1 fully saturated rings. The van der Waals surface area contributed by atoms with Crippen LogP contribution in [0.1, 0.15) is 71.1 Å². The number of pyridine rings is 1. The van der Waals surface area contributed by atoms with Crippen LogP contribution in [0, 0.1) is 0 Å². The predicted octanol–water partition coefficient (Wildman–Crippen LogP) is 6.21. The van der Waals surface area contributed by atoms with E-state index in [1.54, 1.807) is 24.0 Å². The molecule has 2 aromatic heterocycles. The SMILES string of the molecule is CCCCCCCCCC=C1OC(=O)N(CCCCSc2cccc3nccn23)C1=O. The van der Waals surface area contributed by atoms with Gasteiger partial charge < -0.3 is 4.74 Å². The number of hydrogen-bond acceptors (Lipinski definition) is 5. The van der Waals surface area contributed by atoms with Gasteiger partial charge in [-0.2, -0.15) is 0 Å². The number of amides is 2. The molecule has 7 heteroatoms. The van der Waals surface area contributed by atoms with E-state index in [0.29, 0.717) is 6.54 Å². The maximum absolute atomic E-state index is 12.5. The molecule has 0 bridgehead atoms. The van der Waals surface area contributed by atoms with Gasteiger partial charge in [-0.3, -0.25) is 9.20 Å². The molecule has 6 nitrogen and oxygen atoms in total. The number of imide groups is 1. The second kappa shape index (κ2) is 12.5. The van der Waals surface area contributed by atoms with E-state index in [4.69, 9.17) is 4.74 Å². The molecule has 1 aliphatic rings. The summed E-state index contributed by atoms with van der Waals surface area (Å²) in [6.07, 6.45) is 16.0. The molecule has 31 heavy (non-hydrogen) atoms. The van der Waals surface area contributed by atoms with Gasteiger partial charge in [0.25, 0.3) is 5.91 Å². The van der Waals surface area contributed by atoms with Gasteiger partial charge in [0, 0.05) is 18.9 Å². The number of allylic oxidation sites excluding steroid dienone is 1. The minimum absolute atomic E-state index is 0.206. The Morgan fingerprint density at radius 1 is 1.03 bits per heavy atom. The van der Waals surface area contributed by atoms with Crippen LogP contribution in [-0.2, 0) is 9.53 Å². The number of unbranched alkanes of at least 4 members (excludes halogenated alkanes) is 8. The number of imidazole rings is 1.